The third-order valence-corrected chi connectivity index (χ3v) is 6.76. The molecule has 158 valence electrons. The van der Waals surface area contributed by atoms with Gasteiger partial charge in [0.15, 0.2) is 5.96 Å². The van der Waals surface area contributed by atoms with E-state index < -0.39 is 0 Å². The highest BCUT2D eigenvalue weighted by Gasteiger charge is 2.24. The summed E-state index contributed by atoms with van der Waals surface area (Å²) in [6.45, 7) is 13.0. The second-order valence-electron chi connectivity index (χ2n) is 7.56. The number of hydrogen-bond donors (Lipinski definition) is 2. The fraction of sp³-hybridized carbons (Fsp3) is 0.762. The second kappa shape index (κ2) is 11.8. The van der Waals surface area contributed by atoms with E-state index in [9.17, 15) is 0 Å². The molecule has 1 aromatic rings. The van der Waals surface area contributed by atoms with Crippen molar-refractivity contribution in [2.24, 2.45) is 4.99 Å². The van der Waals surface area contributed by atoms with E-state index in [-0.39, 0.29) is 0 Å². The highest BCUT2D eigenvalue weighted by molar-refractivity contribution is 7.10. The number of piperidine rings is 1. The predicted molar refractivity (Wildman–Crippen MR) is 118 cm³/mol. The smallest absolute Gasteiger partial charge is 0.191 e. The first-order chi connectivity index (χ1) is 13.8. The summed E-state index contributed by atoms with van der Waals surface area (Å²) in [5.41, 5.74) is 0. The van der Waals surface area contributed by atoms with Crippen LogP contribution in [-0.4, -0.2) is 80.8 Å². The fourth-order valence-electron chi connectivity index (χ4n) is 4.20. The number of guanidine groups is 1. The molecule has 2 unspecified atom stereocenters. The summed E-state index contributed by atoms with van der Waals surface area (Å²) >= 11 is 1.83. The summed E-state index contributed by atoms with van der Waals surface area (Å²) < 4.78 is 5.55. The minimum absolute atomic E-state index is 0.334. The van der Waals surface area contributed by atoms with E-state index in [2.05, 4.69) is 51.8 Å². The molecule has 3 heterocycles. The Kier molecular flexibility index (Phi) is 9.05. The Labute approximate surface area is 174 Å². The van der Waals surface area contributed by atoms with Crippen LogP contribution in [0.3, 0.4) is 0 Å². The van der Waals surface area contributed by atoms with Crippen LogP contribution in [0.2, 0.25) is 0 Å². The molecule has 0 radical (unpaired) electrons. The Balaban J connectivity index is 1.62. The van der Waals surface area contributed by atoms with Gasteiger partial charge >= 0.3 is 0 Å². The van der Waals surface area contributed by atoms with E-state index in [1.807, 2.05) is 11.3 Å². The van der Waals surface area contributed by atoms with Gasteiger partial charge in [0.2, 0.25) is 0 Å². The molecule has 2 aliphatic heterocycles. The number of likely N-dealkylation sites (tertiary alicyclic amines) is 1. The third kappa shape index (κ3) is 6.17. The first-order valence-electron chi connectivity index (χ1n) is 10.9. The zero-order chi connectivity index (χ0) is 19.6. The van der Waals surface area contributed by atoms with Crippen LogP contribution in [0.1, 0.15) is 44.0 Å². The molecule has 0 bridgehead atoms. The lowest BCUT2D eigenvalue weighted by atomic mass is 10.0. The number of nitrogens with one attached hydrogen (secondary N) is 2. The molecule has 28 heavy (non-hydrogen) atoms. The van der Waals surface area contributed by atoms with E-state index in [4.69, 9.17) is 9.73 Å². The summed E-state index contributed by atoms with van der Waals surface area (Å²) in [6.07, 6.45) is 3.96. The molecule has 1 aromatic heterocycles. The Morgan fingerprint density at radius 3 is 2.82 bits per heavy atom. The quantitative estimate of drug-likeness (QED) is 0.512. The molecule has 0 aliphatic carbocycles. The van der Waals surface area contributed by atoms with E-state index in [0.29, 0.717) is 12.1 Å². The molecule has 2 aliphatic rings. The first-order valence-corrected chi connectivity index (χ1v) is 11.8. The van der Waals surface area contributed by atoms with Crippen molar-refractivity contribution in [3.8, 4) is 0 Å². The molecule has 6 nitrogen and oxygen atoms in total. The largest absolute Gasteiger partial charge is 0.379 e. The summed E-state index contributed by atoms with van der Waals surface area (Å²) in [7, 11) is 0. The van der Waals surface area contributed by atoms with Gasteiger partial charge in [-0.05, 0) is 44.3 Å². The zero-order valence-electron chi connectivity index (χ0n) is 17.5. The minimum atomic E-state index is 0.334. The standard InChI is InChI=1S/C21H37N5OS/c1-3-22-21(23-16-18-8-5-6-10-25(18)4-2)24-17-19(20-9-7-15-28-20)26-11-13-27-14-12-26/h7,9,15,18-19H,3-6,8,10-14,16-17H2,1-2H3,(H2,22,23,24). The van der Waals surface area contributed by atoms with E-state index in [1.165, 1.54) is 30.7 Å². The molecule has 2 N–H and O–H groups in total. The van der Waals surface area contributed by atoms with Crippen molar-refractivity contribution in [1.82, 2.24) is 20.4 Å². The van der Waals surface area contributed by atoms with Crippen LogP contribution >= 0.6 is 11.3 Å². The predicted octanol–water partition coefficient (Wildman–Crippen LogP) is 2.55. The van der Waals surface area contributed by atoms with Crippen molar-refractivity contribution < 1.29 is 4.74 Å². The lowest BCUT2D eigenvalue weighted by Gasteiger charge is -2.35. The van der Waals surface area contributed by atoms with Gasteiger partial charge in [0.1, 0.15) is 0 Å². The average Bonchev–Trinajstić information content (AvgIpc) is 3.27. The number of morpholine rings is 1. The van der Waals surface area contributed by atoms with E-state index in [1.54, 1.807) is 0 Å². The highest BCUT2D eigenvalue weighted by Crippen LogP contribution is 2.26. The van der Waals surface area contributed by atoms with Crippen molar-refractivity contribution in [2.45, 2.75) is 45.2 Å². The summed E-state index contributed by atoms with van der Waals surface area (Å²) in [5, 5.41) is 9.22. The zero-order valence-corrected chi connectivity index (χ0v) is 18.3. The molecule has 0 saturated carbocycles. The van der Waals surface area contributed by atoms with Gasteiger partial charge < -0.3 is 15.4 Å². The maximum Gasteiger partial charge on any atom is 0.191 e. The Hall–Kier alpha value is -1.15. The van der Waals surface area contributed by atoms with Crippen molar-refractivity contribution in [2.75, 3.05) is 59.0 Å². The number of nitrogens with zero attached hydrogens (tertiary/aromatic N) is 3. The van der Waals surface area contributed by atoms with Gasteiger partial charge in [-0.15, -0.1) is 11.3 Å². The van der Waals surface area contributed by atoms with Gasteiger partial charge in [-0.1, -0.05) is 19.4 Å². The molecule has 2 fully saturated rings. The van der Waals surface area contributed by atoms with Crippen LogP contribution in [-0.2, 0) is 4.74 Å². The normalized spacial score (nSPS) is 23.5. The first kappa shape index (κ1) is 21.6. The Bertz CT molecular complexity index is 573. The van der Waals surface area contributed by atoms with Crippen molar-refractivity contribution in [3.05, 3.63) is 22.4 Å². The van der Waals surface area contributed by atoms with Crippen LogP contribution in [0.15, 0.2) is 22.5 Å². The number of thiophene rings is 1. The number of ether oxygens (including phenoxy) is 1. The van der Waals surface area contributed by atoms with Crippen LogP contribution < -0.4 is 10.6 Å². The van der Waals surface area contributed by atoms with Crippen LogP contribution in [0.5, 0.6) is 0 Å². The summed E-state index contributed by atoms with van der Waals surface area (Å²) in [5.74, 6) is 0.943. The van der Waals surface area contributed by atoms with E-state index >= 15 is 0 Å². The fourth-order valence-corrected chi connectivity index (χ4v) is 5.05. The van der Waals surface area contributed by atoms with Crippen molar-refractivity contribution in [1.29, 1.82) is 0 Å². The summed E-state index contributed by atoms with van der Waals surface area (Å²) in [6, 6.07) is 5.33. The number of aliphatic imine (C=N–C) groups is 1. The van der Waals surface area contributed by atoms with Crippen molar-refractivity contribution >= 4 is 17.3 Å². The lowest BCUT2D eigenvalue weighted by molar-refractivity contribution is 0.0186. The van der Waals surface area contributed by atoms with Crippen molar-refractivity contribution in [3.63, 3.8) is 0 Å². The lowest BCUT2D eigenvalue weighted by Crippen LogP contribution is -2.49. The van der Waals surface area contributed by atoms with Gasteiger partial charge in [-0.2, -0.15) is 0 Å². The van der Waals surface area contributed by atoms with Crippen LogP contribution in [0.4, 0.5) is 0 Å². The van der Waals surface area contributed by atoms with Crippen LogP contribution in [0.25, 0.3) is 0 Å². The molecule has 0 amide bonds. The minimum Gasteiger partial charge on any atom is -0.379 e. The topological polar surface area (TPSA) is 52.1 Å². The molecule has 0 spiro atoms. The highest BCUT2D eigenvalue weighted by atomic mass is 32.1. The maximum atomic E-state index is 5.55. The summed E-state index contributed by atoms with van der Waals surface area (Å²) in [4.78, 5) is 11.5. The second-order valence-corrected chi connectivity index (χ2v) is 8.54. The maximum absolute atomic E-state index is 5.55. The van der Waals surface area contributed by atoms with Gasteiger partial charge in [0, 0.05) is 37.1 Å². The Morgan fingerprint density at radius 1 is 1.25 bits per heavy atom. The number of hydrogen-bond acceptors (Lipinski definition) is 5. The molecular formula is C21H37N5OS. The molecule has 0 aromatic carbocycles. The van der Waals surface area contributed by atoms with Gasteiger partial charge in [0.25, 0.3) is 0 Å². The molecular weight excluding hydrogens is 370 g/mol. The average molecular weight is 408 g/mol. The Morgan fingerprint density at radius 2 is 2.11 bits per heavy atom. The van der Waals surface area contributed by atoms with Gasteiger partial charge in [-0.25, -0.2) is 0 Å². The SMILES string of the molecule is CCNC(=NCC(c1cccs1)N1CCOCC1)NCC1CCCCN1CC. The molecule has 2 saturated heterocycles. The monoisotopic (exact) mass is 407 g/mol. The molecule has 2 atom stereocenters. The van der Waals surface area contributed by atoms with Crippen LogP contribution in [0, 0.1) is 0 Å². The van der Waals surface area contributed by atoms with Gasteiger partial charge in [0.05, 0.1) is 25.8 Å². The molecule has 3 rings (SSSR count). The van der Waals surface area contributed by atoms with Gasteiger partial charge in [-0.3, -0.25) is 14.8 Å². The molecule has 7 heteroatoms. The number of rotatable bonds is 8. The third-order valence-electron chi connectivity index (χ3n) is 5.79. The van der Waals surface area contributed by atoms with E-state index in [0.717, 1.165) is 58.4 Å². The number of likely N-dealkylation sites (N-methyl/N-ethyl adjacent to an activating group) is 1.